The van der Waals surface area contributed by atoms with Gasteiger partial charge in [-0.25, -0.2) is 0 Å². The summed E-state index contributed by atoms with van der Waals surface area (Å²) in [5, 5.41) is 0. The monoisotopic (exact) mass is 227 g/mol. The highest BCUT2D eigenvalue weighted by Gasteiger charge is 2.37. The second-order valence-corrected chi connectivity index (χ2v) is 5.83. The van der Waals surface area contributed by atoms with Gasteiger partial charge in [-0.2, -0.15) is 0 Å². The summed E-state index contributed by atoms with van der Waals surface area (Å²) in [5.41, 5.74) is 6.37. The van der Waals surface area contributed by atoms with Crippen molar-refractivity contribution in [1.82, 2.24) is 0 Å². The van der Waals surface area contributed by atoms with E-state index in [2.05, 4.69) is 50.1 Å². The number of para-hydroxylation sites is 1. The summed E-state index contributed by atoms with van der Waals surface area (Å²) in [4.78, 5) is 2.43. The first-order valence-electron chi connectivity index (χ1n) is 6.68. The van der Waals surface area contributed by atoms with Gasteiger partial charge >= 0.3 is 0 Å². The summed E-state index contributed by atoms with van der Waals surface area (Å²) in [6.45, 7) is 4.78. The second-order valence-electron chi connectivity index (χ2n) is 5.83. The number of rotatable bonds is 0. The maximum absolute atomic E-state index is 2.43. The average molecular weight is 227 g/mol. The third-order valence-electron chi connectivity index (χ3n) is 4.54. The first kappa shape index (κ1) is 10.9. The molecule has 0 N–H and O–H groups in total. The van der Waals surface area contributed by atoms with E-state index in [1.807, 2.05) is 0 Å². The Hall–Kier alpha value is -1.24. The molecule has 0 bridgehead atoms. The van der Waals surface area contributed by atoms with Gasteiger partial charge in [0.15, 0.2) is 0 Å². The fraction of sp³-hybridized carbons (Fsp3) is 0.500. The van der Waals surface area contributed by atoms with Crippen LogP contribution >= 0.6 is 0 Å². The Balaban J connectivity index is 2.22. The smallest absolute Gasteiger partial charge is 0.0446 e. The van der Waals surface area contributed by atoms with Gasteiger partial charge in [0.05, 0.1) is 0 Å². The van der Waals surface area contributed by atoms with Crippen LogP contribution in [0.1, 0.15) is 45.1 Å². The molecule has 3 rings (SSSR count). The fourth-order valence-electron chi connectivity index (χ4n) is 3.54. The summed E-state index contributed by atoms with van der Waals surface area (Å²) in [6, 6.07) is 8.88. The van der Waals surface area contributed by atoms with Crippen molar-refractivity contribution in [2.75, 3.05) is 11.9 Å². The lowest BCUT2D eigenvalue weighted by molar-refractivity contribution is 0.514. The van der Waals surface area contributed by atoms with Crippen molar-refractivity contribution in [3.8, 4) is 0 Å². The van der Waals surface area contributed by atoms with Crippen molar-refractivity contribution < 1.29 is 0 Å². The lowest BCUT2D eigenvalue weighted by Crippen LogP contribution is -2.36. The molecule has 1 nitrogen and oxygen atoms in total. The van der Waals surface area contributed by atoms with Crippen LogP contribution in [0.4, 0.5) is 5.69 Å². The van der Waals surface area contributed by atoms with E-state index in [0.717, 1.165) is 0 Å². The normalized spacial score (nSPS) is 22.2. The molecule has 0 radical (unpaired) electrons. The highest BCUT2D eigenvalue weighted by atomic mass is 15.1. The summed E-state index contributed by atoms with van der Waals surface area (Å²) < 4.78 is 0. The average Bonchev–Trinajstić information content (AvgIpc) is 2.37. The molecule has 0 spiro atoms. The molecule has 0 unspecified atom stereocenters. The molecular formula is C16H21N. The number of anilines is 1. The van der Waals surface area contributed by atoms with Gasteiger partial charge in [0, 0.05) is 23.8 Å². The molecule has 0 amide bonds. The summed E-state index contributed by atoms with van der Waals surface area (Å²) in [5.74, 6) is 0. The van der Waals surface area contributed by atoms with Gasteiger partial charge in [-0.05, 0) is 42.9 Å². The third kappa shape index (κ3) is 1.45. The van der Waals surface area contributed by atoms with Gasteiger partial charge in [0.2, 0.25) is 0 Å². The number of hydrogen-bond acceptors (Lipinski definition) is 1. The standard InChI is InChI=1S/C16H21N/c1-16(2)12-8-4-6-10-14(12)17(3)15-11-7-5-9-13(15)16/h4,6,8,10H,5,7,9,11H2,1-3H3. The Bertz CT molecular complexity index is 482. The van der Waals surface area contributed by atoms with Crippen molar-refractivity contribution in [1.29, 1.82) is 0 Å². The van der Waals surface area contributed by atoms with E-state index >= 15 is 0 Å². The lowest BCUT2D eigenvalue weighted by atomic mass is 9.69. The largest absolute Gasteiger partial charge is 0.348 e. The molecular weight excluding hydrogens is 206 g/mol. The number of benzene rings is 1. The molecule has 0 saturated heterocycles. The molecule has 0 saturated carbocycles. The summed E-state index contributed by atoms with van der Waals surface area (Å²) in [7, 11) is 2.23. The SMILES string of the molecule is CN1C2=C(CCCC2)C(C)(C)c2ccccc21. The van der Waals surface area contributed by atoms with Gasteiger partial charge in [0.25, 0.3) is 0 Å². The molecule has 0 atom stereocenters. The molecule has 1 aromatic rings. The Morgan fingerprint density at radius 1 is 1.06 bits per heavy atom. The van der Waals surface area contributed by atoms with E-state index in [-0.39, 0.29) is 5.41 Å². The Morgan fingerprint density at radius 2 is 1.76 bits per heavy atom. The van der Waals surface area contributed by atoms with Crippen LogP contribution < -0.4 is 4.90 Å². The molecule has 0 aromatic heterocycles. The summed E-state index contributed by atoms with van der Waals surface area (Å²) >= 11 is 0. The highest BCUT2D eigenvalue weighted by Crippen LogP contribution is 2.48. The van der Waals surface area contributed by atoms with E-state index in [9.17, 15) is 0 Å². The zero-order valence-corrected chi connectivity index (χ0v) is 11.1. The van der Waals surface area contributed by atoms with E-state index in [1.54, 1.807) is 11.3 Å². The van der Waals surface area contributed by atoms with Crippen LogP contribution in [0.5, 0.6) is 0 Å². The quantitative estimate of drug-likeness (QED) is 0.640. The van der Waals surface area contributed by atoms with Gasteiger partial charge in [-0.1, -0.05) is 32.0 Å². The first-order chi connectivity index (χ1) is 8.12. The van der Waals surface area contributed by atoms with Crippen molar-refractivity contribution in [3.05, 3.63) is 41.1 Å². The first-order valence-corrected chi connectivity index (χ1v) is 6.68. The molecule has 1 aliphatic heterocycles. The van der Waals surface area contributed by atoms with E-state index < -0.39 is 0 Å². The van der Waals surface area contributed by atoms with Crippen LogP contribution in [0.3, 0.4) is 0 Å². The van der Waals surface area contributed by atoms with E-state index in [1.165, 1.54) is 36.9 Å². The Morgan fingerprint density at radius 3 is 2.59 bits per heavy atom. The predicted molar refractivity (Wildman–Crippen MR) is 73.4 cm³/mol. The van der Waals surface area contributed by atoms with Gasteiger partial charge < -0.3 is 4.90 Å². The van der Waals surface area contributed by atoms with Crippen molar-refractivity contribution in [2.24, 2.45) is 0 Å². The van der Waals surface area contributed by atoms with Crippen LogP contribution in [0, 0.1) is 0 Å². The van der Waals surface area contributed by atoms with Crippen molar-refractivity contribution >= 4 is 5.69 Å². The third-order valence-corrected chi connectivity index (χ3v) is 4.54. The molecule has 1 aromatic carbocycles. The van der Waals surface area contributed by atoms with Crippen LogP contribution in [0.2, 0.25) is 0 Å². The van der Waals surface area contributed by atoms with Crippen LogP contribution in [-0.2, 0) is 5.41 Å². The minimum Gasteiger partial charge on any atom is -0.348 e. The maximum atomic E-state index is 2.43. The molecule has 1 heterocycles. The van der Waals surface area contributed by atoms with Gasteiger partial charge in [-0.3, -0.25) is 0 Å². The number of allylic oxidation sites excluding steroid dienone is 2. The summed E-state index contributed by atoms with van der Waals surface area (Å²) in [6.07, 6.45) is 5.24. The second kappa shape index (κ2) is 3.63. The van der Waals surface area contributed by atoms with Gasteiger partial charge in [0.1, 0.15) is 0 Å². The van der Waals surface area contributed by atoms with Crippen LogP contribution in [-0.4, -0.2) is 7.05 Å². The van der Waals surface area contributed by atoms with Crippen molar-refractivity contribution in [2.45, 2.75) is 44.9 Å². The van der Waals surface area contributed by atoms with Crippen molar-refractivity contribution in [3.63, 3.8) is 0 Å². The van der Waals surface area contributed by atoms with E-state index in [0.29, 0.717) is 0 Å². The molecule has 0 fully saturated rings. The highest BCUT2D eigenvalue weighted by molar-refractivity contribution is 5.66. The predicted octanol–water partition coefficient (Wildman–Crippen LogP) is 4.24. The zero-order chi connectivity index (χ0) is 12.0. The molecule has 1 heteroatoms. The number of fused-ring (bicyclic) bond motifs is 1. The van der Waals surface area contributed by atoms with E-state index in [4.69, 9.17) is 0 Å². The Kier molecular flexibility index (Phi) is 2.32. The zero-order valence-electron chi connectivity index (χ0n) is 11.1. The minimum absolute atomic E-state index is 0.221. The minimum atomic E-state index is 0.221. The Labute approximate surface area is 104 Å². The topological polar surface area (TPSA) is 3.24 Å². The lowest BCUT2D eigenvalue weighted by Gasteiger charge is -2.44. The van der Waals surface area contributed by atoms with Crippen LogP contribution in [0.25, 0.3) is 0 Å². The number of hydrogen-bond donors (Lipinski definition) is 0. The molecule has 1 aliphatic carbocycles. The molecule has 17 heavy (non-hydrogen) atoms. The molecule has 90 valence electrons. The molecule has 2 aliphatic rings. The number of nitrogens with zero attached hydrogens (tertiary/aromatic N) is 1. The van der Waals surface area contributed by atoms with Crippen LogP contribution in [0.15, 0.2) is 35.5 Å². The maximum Gasteiger partial charge on any atom is 0.0446 e. The fourth-order valence-corrected chi connectivity index (χ4v) is 3.54. The van der Waals surface area contributed by atoms with Gasteiger partial charge in [-0.15, -0.1) is 0 Å².